The fraction of sp³-hybridized carbons (Fsp3) is 0.375. The molecule has 0 radical (unpaired) electrons. The summed E-state index contributed by atoms with van der Waals surface area (Å²) in [6.07, 6.45) is 1.66. The molecule has 0 aliphatic carbocycles. The van der Waals surface area contributed by atoms with Crippen molar-refractivity contribution in [2.45, 2.75) is 26.4 Å². The summed E-state index contributed by atoms with van der Waals surface area (Å²) in [4.78, 5) is 17.4. The van der Waals surface area contributed by atoms with Crippen LogP contribution in [0.1, 0.15) is 30.3 Å². The van der Waals surface area contributed by atoms with Crippen molar-refractivity contribution in [2.75, 3.05) is 7.11 Å². The van der Waals surface area contributed by atoms with Crippen molar-refractivity contribution in [1.29, 1.82) is 0 Å². The molecular formula is C16H21N3O2S. The van der Waals surface area contributed by atoms with Gasteiger partial charge in [-0.1, -0.05) is 26.0 Å². The lowest BCUT2D eigenvalue weighted by Gasteiger charge is -2.21. The van der Waals surface area contributed by atoms with Crippen LogP contribution in [-0.2, 0) is 6.54 Å². The van der Waals surface area contributed by atoms with Crippen LogP contribution in [0.15, 0.2) is 35.8 Å². The number of carbonyl (C=O) groups excluding carboxylic acids is 1. The van der Waals surface area contributed by atoms with Gasteiger partial charge in [0.2, 0.25) is 5.88 Å². The summed E-state index contributed by atoms with van der Waals surface area (Å²) < 4.78 is 5.17. The summed E-state index contributed by atoms with van der Waals surface area (Å²) in [5.41, 5.74) is 0.845. The molecule has 0 aromatic carbocycles. The quantitative estimate of drug-likeness (QED) is 0.858. The Balaban J connectivity index is 1.94. The standard InChI is InChI=1S/C16H21N3O2S/c1-11(2)14(13-7-5-9-22-13)19-16(20)18-10-12-6-4-8-17-15(12)21-3/h4-9,11,14H,10H2,1-3H3,(H2,18,19,20)/t14-/m0/s1. The topological polar surface area (TPSA) is 63.2 Å². The molecule has 2 aromatic heterocycles. The van der Waals surface area contributed by atoms with Gasteiger partial charge in [0.15, 0.2) is 0 Å². The molecule has 6 heteroatoms. The average Bonchev–Trinajstić information content (AvgIpc) is 3.04. The highest BCUT2D eigenvalue weighted by Gasteiger charge is 2.19. The predicted octanol–water partition coefficient (Wildman–Crippen LogP) is 3.35. The zero-order valence-electron chi connectivity index (χ0n) is 13.0. The van der Waals surface area contributed by atoms with Gasteiger partial charge >= 0.3 is 6.03 Å². The third kappa shape index (κ3) is 4.21. The molecule has 5 nitrogen and oxygen atoms in total. The van der Waals surface area contributed by atoms with Crippen molar-refractivity contribution in [1.82, 2.24) is 15.6 Å². The Bertz CT molecular complexity index is 599. The molecule has 22 heavy (non-hydrogen) atoms. The van der Waals surface area contributed by atoms with Gasteiger partial charge in [0, 0.05) is 23.2 Å². The molecule has 2 aromatic rings. The van der Waals surface area contributed by atoms with Crippen LogP contribution in [0.3, 0.4) is 0 Å². The largest absolute Gasteiger partial charge is 0.481 e. The summed E-state index contributed by atoms with van der Waals surface area (Å²) >= 11 is 1.65. The molecule has 2 heterocycles. The average molecular weight is 319 g/mol. The molecule has 0 aliphatic rings. The van der Waals surface area contributed by atoms with Crippen LogP contribution in [0.5, 0.6) is 5.88 Å². The smallest absolute Gasteiger partial charge is 0.315 e. The molecule has 118 valence electrons. The number of thiophene rings is 1. The van der Waals surface area contributed by atoms with Gasteiger partial charge in [-0.05, 0) is 23.4 Å². The van der Waals surface area contributed by atoms with Gasteiger partial charge in [0.25, 0.3) is 0 Å². The van der Waals surface area contributed by atoms with Crippen LogP contribution in [0, 0.1) is 5.92 Å². The van der Waals surface area contributed by atoms with Crippen LogP contribution in [0.2, 0.25) is 0 Å². The van der Waals surface area contributed by atoms with E-state index in [0.717, 1.165) is 10.4 Å². The van der Waals surface area contributed by atoms with E-state index >= 15 is 0 Å². The first-order chi connectivity index (χ1) is 10.6. The number of nitrogens with zero attached hydrogens (tertiary/aromatic N) is 1. The Labute approximate surface area is 134 Å². The first kappa shape index (κ1) is 16.3. The Morgan fingerprint density at radius 2 is 2.18 bits per heavy atom. The van der Waals surface area contributed by atoms with Crippen LogP contribution in [0.25, 0.3) is 0 Å². The Hall–Kier alpha value is -2.08. The third-order valence-electron chi connectivity index (χ3n) is 3.29. The lowest BCUT2D eigenvalue weighted by atomic mass is 10.0. The summed E-state index contributed by atoms with van der Waals surface area (Å²) in [6, 6.07) is 7.55. The van der Waals surface area contributed by atoms with Crippen LogP contribution in [0.4, 0.5) is 4.79 Å². The fourth-order valence-electron chi connectivity index (χ4n) is 2.14. The lowest BCUT2D eigenvalue weighted by Crippen LogP contribution is -2.39. The van der Waals surface area contributed by atoms with Crippen molar-refractivity contribution in [3.8, 4) is 5.88 Å². The van der Waals surface area contributed by atoms with E-state index in [1.54, 1.807) is 24.6 Å². The van der Waals surface area contributed by atoms with Gasteiger partial charge in [0.1, 0.15) is 0 Å². The van der Waals surface area contributed by atoms with Crippen LogP contribution >= 0.6 is 11.3 Å². The zero-order chi connectivity index (χ0) is 15.9. The fourth-order valence-corrected chi connectivity index (χ4v) is 3.09. The molecular weight excluding hydrogens is 298 g/mol. The number of pyridine rings is 1. The van der Waals surface area contributed by atoms with E-state index in [2.05, 4.69) is 29.5 Å². The van der Waals surface area contributed by atoms with E-state index in [0.29, 0.717) is 18.3 Å². The summed E-state index contributed by atoms with van der Waals surface area (Å²) in [5, 5.41) is 7.90. The normalized spacial score (nSPS) is 12.0. The highest BCUT2D eigenvalue weighted by atomic mass is 32.1. The second-order valence-corrected chi connectivity index (χ2v) is 6.22. The molecule has 0 saturated heterocycles. The maximum Gasteiger partial charge on any atom is 0.315 e. The van der Waals surface area contributed by atoms with Gasteiger partial charge in [-0.3, -0.25) is 0 Å². The molecule has 0 spiro atoms. The van der Waals surface area contributed by atoms with Gasteiger partial charge in [-0.2, -0.15) is 0 Å². The lowest BCUT2D eigenvalue weighted by molar-refractivity contribution is 0.233. The number of hydrogen-bond acceptors (Lipinski definition) is 4. The number of amides is 2. The third-order valence-corrected chi connectivity index (χ3v) is 4.24. The molecule has 0 saturated carbocycles. The van der Waals surface area contributed by atoms with Crippen LogP contribution < -0.4 is 15.4 Å². The molecule has 0 fully saturated rings. The number of ether oxygens (including phenoxy) is 1. The monoisotopic (exact) mass is 319 g/mol. The molecule has 2 amide bonds. The highest BCUT2D eigenvalue weighted by Crippen LogP contribution is 2.25. The second kappa shape index (κ2) is 7.79. The molecule has 2 N–H and O–H groups in total. The Morgan fingerprint density at radius 1 is 1.36 bits per heavy atom. The van der Waals surface area contributed by atoms with Crippen LogP contribution in [-0.4, -0.2) is 18.1 Å². The Morgan fingerprint density at radius 3 is 2.82 bits per heavy atom. The molecule has 2 rings (SSSR count). The van der Waals surface area contributed by atoms with Crippen molar-refractivity contribution in [3.63, 3.8) is 0 Å². The maximum absolute atomic E-state index is 12.1. The van der Waals surface area contributed by atoms with E-state index in [4.69, 9.17) is 4.74 Å². The predicted molar refractivity (Wildman–Crippen MR) is 88.1 cm³/mol. The first-order valence-corrected chi connectivity index (χ1v) is 8.05. The van der Waals surface area contributed by atoms with E-state index in [1.165, 1.54) is 0 Å². The number of urea groups is 1. The number of hydrogen-bond donors (Lipinski definition) is 2. The maximum atomic E-state index is 12.1. The Kier molecular flexibility index (Phi) is 5.77. The number of aromatic nitrogens is 1. The number of methoxy groups -OCH3 is 1. The minimum absolute atomic E-state index is 0.00999. The van der Waals surface area contributed by atoms with Gasteiger partial charge in [-0.15, -0.1) is 11.3 Å². The summed E-state index contributed by atoms with van der Waals surface area (Å²) in [7, 11) is 1.57. The van der Waals surface area contributed by atoms with Gasteiger partial charge in [-0.25, -0.2) is 9.78 Å². The number of carbonyl (C=O) groups is 1. The highest BCUT2D eigenvalue weighted by molar-refractivity contribution is 7.10. The first-order valence-electron chi connectivity index (χ1n) is 7.17. The van der Waals surface area contributed by atoms with Crippen molar-refractivity contribution < 1.29 is 9.53 Å². The second-order valence-electron chi connectivity index (χ2n) is 5.24. The number of rotatable bonds is 6. The van der Waals surface area contributed by atoms with Crippen molar-refractivity contribution in [2.24, 2.45) is 5.92 Å². The molecule has 1 atom stereocenters. The molecule has 0 bridgehead atoms. The number of nitrogens with one attached hydrogen (secondary N) is 2. The summed E-state index contributed by atoms with van der Waals surface area (Å²) in [5.74, 6) is 0.846. The molecule has 0 unspecified atom stereocenters. The zero-order valence-corrected chi connectivity index (χ0v) is 13.8. The van der Waals surface area contributed by atoms with E-state index < -0.39 is 0 Å². The van der Waals surface area contributed by atoms with E-state index in [1.807, 2.05) is 29.6 Å². The van der Waals surface area contributed by atoms with Gasteiger partial charge in [0.05, 0.1) is 13.2 Å². The molecule has 0 aliphatic heterocycles. The van der Waals surface area contributed by atoms with Crippen molar-refractivity contribution in [3.05, 3.63) is 46.3 Å². The minimum Gasteiger partial charge on any atom is -0.481 e. The van der Waals surface area contributed by atoms with E-state index in [-0.39, 0.29) is 12.1 Å². The SMILES string of the molecule is COc1ncccc1CNC(=O)N[C@H](c1cccs1)C(C)C. The van der Waals surface area contributed by atoms with E-state index in [9.17, 15) is 4.79 Å². The van der Waals surface area contributed by atoms with Gasteiger partial charge < -0.3 is 15.4 Å². The minimum atomic E-state index is -0.196. The van der Waals surface area contributed by atoms with Crippen molar-refractivity contribution >= 4 is 17.4 Å². The summed E-state index contributed by atoms with van der Waals surface area (Å²) in [6.45, 7) is 4.56.